The number of para-hydroxylation sites is 4. The van der Waals surface area contributed by atoms with Gasteiger partial charge in [0.15, 0.2) is 5.82 Å². The maximum Gasteiger partial charge on any atom is 0.235 e. The summed E-state index contributed by atoms with van der Waals surface area (Å²) in [7, 11) is 0. The van der Waals surface area contributed by atoms with Crippen LogP contribution in [0.4, 0.5) is 0 Å². The van der Waals surface area contributed by atoms with Gasteiger partial charge in [-0.1, -0.05) is 303 Å². The summed E-state index contributed by atoms with van der Waals surface area (Å²) in [5.74, 6) is 2.18. The molecule has 16 aromatic carbocycles. The Morgan fingerprint density at radius 3 is 0.812 bits per heavy atom. The molecule has 0 aliphatic rings. The summed E-state index contributed by atoms with van der Waals surface area (Å²) in [6, 6.07) is 147. The molecule has 0 aliphatic carbocycles. The highest BCUT2D eigenvalue weighted by Crippen LogP contribution is 2.43. The largest absolute Gasteiger partial charge is 0.309 e. The molecule has 0 atom stereocenters. The van der Waals surface area contributed by atoms with E-state index in [4.69, 9.17) is 19.9 Å². The Kier molecular flexibility index (Phi) is 16.1. The molecule has 6 heterocycles. The number of benzene rings is 16. The van der Waals surface area contributed by atoms with E-state index in [1.807, 2.05) is 36.4 Å². The molecule has 22 rings (SSSR count). The Bertz CT molecular complexity index is 6790. The van der Waals surface area contributed by atoms with E-state index in [0.29, 0.717) is 11.8 Å². The third-order valence-corrected chi connectivity index (χ3v) is 21.9. The van der Waals surface area contributed by atoms with Crippen molar-refractivity contribution in [3.8, 4) is 113 Å². The molecule has 8 heteroatoms. The summed E-state index contributed by atoms with van der Waals surface area (Å²) in [6.07, 6.45) is 0. The van der Waals surface area contributed by atoms with Crippen LogP contribution in [0.25, 0.3) is 200 Å². The molecule has 6 aromatic heterocycles. The second kappa shape index (κ2) is 27.6. The normalized spacial score (nSPS) is 11.6. The summed E-state index contributed by atoms with van der Waals surface area (Å²) in [6.45, 7) is 0. The van der Waals surface area contributed by atoms with Crippen LogP contribution in [0.5, 0.6) is 0 Å². The average Bonchev–Trinajstić information content (AvgIpc) is 1.59. The molecule has 0 N–H and O–H groups in total. The number of nitrogens with zero attached hydrogens (tertiary/aromatic N) is 8. The Labute approximate surface area is 646 Å². The first kappa shape index (κ1) is 65.2. The minimum Gasteiger partial charge on any atom is -0.309 e. The fraction of sp³-hybridized carbons (Fsp3) is 0. The number of fused-ring (bicyclic) bond motifs is 12. The van der Waals surface area contributed by atoms with Crippen LogP contribution in [-0.2, 0) is 0 Å². The third kappa shape index (κ3) is 11.6. The zero-order valence-electron chi connectivity index (χ0n) is 60.8. The van der Waals surface area contributed by atoms with Crippen molar-refractivity contribution >= 4 is 87.2 Å². The summed E-state index contributed by atoms with van der Waals surface area (Å²) >= 11 is 0. The molecule has 524 valence electrons. The van der Waals surface area contributed by atoms with Gasteiger partial charge in [0.05, 0.1) is 61.2 Å². The fourth-order valence-corrected chi connectivity index (χ4v) is 16.6. The van der Waals surface area contributed by atoms with Crippen LogP contribution >= 0.6 is 0 Å². The molecular formula is C104H68N8. The first-order valence-corrected chi connectivity index (χ1v) is 38.0. The molecule has 8 nitrogen and oxygen atoms in total. The molecule has 0 aliphatic heterocycles. The SMILES string of the molecule is c1ccc(-c2cccc(-n3c4ccccc4c4cc(-c5ccc6c(c5)c5ccccc5n6-c5cc(-c6ccccc6)nc(-c6ccccc6)n5)ccc43)c2)cc1.c1ccc(-c2cccc(-n3c4ccccc4c4cc(-c5ccc6c(c5)c5ccccc5n6-c5nc(-c6ccccc6)cc(-c6ccccc6)n5)ccc43)c2)cc1. The zero-order valence-corrected chi connectivity index (χ0v) is 60.8. The number of aromatic nitrogens is 8. The Balaban J connectivity index is 0.000000141. The molecule has 0 spiro atoms. The Hall–Kier alpha value is -15.1. The van der Waals surface area contributed by atoms with E-state index < -0.39 is 0 Å². The van der Waals surface area contributed by atoms with Gasteiger partial charge in [0.2, 0.25) is 5.95 Å². The van der Waals surface area contributed by atoms with Crippen molar-refractivity contribution in [3.05, 3.63) is 413 Å². The van der Waals surface area contributed by atoms with E-state index in [9.17, 15) is 0 Å². The van der Waals surface area contributed by atoms with Gasteiger partial charge < -0.3 is 9.13 Å². The van der Waals surface area contributed by atoms with Crippen LogP contribution < -0.4 is 0 Å². The smallest absolute Gasteiger partial charge is 0.235 e. The average molecular weight is 1430 g/mol. The van der Waals surface area contributed by atoms with Gasteiger partial charge in [-0.05, 0) is 148 Å². The Morgan fingerprint density at radius 1 is 0.152 bits per heavy atom. The molecule has 0 radical (unpaired) electrons. The maximum absolute atomic E-state index is 5.21. The van der Waals surface area contributed by atoms with Crippen LogP contribution in [-0.4, -0.2) is 38.2 Å². The molecule has 0 bridgehead atoms. The monoisotopic (exact) mass is 1430 g/mol. The number of hydrogen-bond acceptors (Lipinski definition) is 4. The number of hydrogen-bond donors (Lipinski definition) is 0. The molecule has 0 amide bonds. The van der Waals surface area contributed by atoms with Crippen molar-refractivity contribution in [1.82, 2.24) is 38.2 Å². The van der Waals surface area contributed by atoms with Crippen LogP contribution in [0.3, 0.4) is 0 Å². The minimum atomic E-state index is 0.648. The molecule has 0 unspecified atom stereocenters. The fourth-order valence-electron chi connectivity index (χ4n) is 16.6. The molecule has 0 saturated heterocycles. The standard InChI is InChI=1S/2C52H34N4/c1-4-15-35(16-5-1)38-21-14-22-41(31-38)55-48-25-12-10-23-42(48)44-32-39(27-29-50(44)55)40-28-30-51-45(33-40)43-24-11-13-26-49(43)56(51)52-53-46(36-17-6-2-7-18-36)34-47(54-52)37-19-8-3-9-20-37;1-4-15-35(16-5-1)38-21-14-22-41(31-38)55-47-25-12-10-23-42(47)44-32-39(27-29-49(44)55)40-28-30-50-45(33-40)43-24-11-13-26-48(43)56(50)51-34-46(36-17-6-2-7-18-36)53-52(54-51)37-19-8-3-9-20-37/h2*1-34H. The van der Waals surface area contributed by atoms with Gasteiger partial charge in [-0.2, -0.15) is 0 Å². The lowest BCUT2D eigenvalue weighted by Gasteiger charge is -2.12. The molecule has 0 saturated carbocycles. The highest BCUT2D eigenvalue weighted by molar-refractivity contribution is 6.15. The van der Waals surface area contributed by atoms with E-state index in [0.717, 1.165) is 94.9 Å². The Morgan fingerprint density at radius 2 is 0.429 bits per heavy atom. The van der Waals surface area contributed by atoms with E-state index >= 15 is 0 Å². The minimum absolute atomic E-state index is 0.648. The molecule has 22 aromatic rings. The lowest BCUT2D eigenvalue weighted by molar-refractivity contribution is 0.995. The predicted octanol–water partition coefficient (Wildman–Crippen LogP) is 26.7. The van der Waals surface area contributed by atoms with Gasteiger partial charge in [-0.15, -0.1) is 0 Å². The first-order valence-electron chi connectivity index (χ1n) is 38.0. The van der Waals surface area contributed by atoms with E-state index in [2.05, 4.69) is 394 Å². The summed E-state index contributed by atoms with van der Waals surface area (Å²) in [5.41, 5.74) is 27.7. The van der Waals surface area contributed by atoms with Gasteiger partial charge in [0, 0.05) is 82.8 Å². The van der Waals surface area contributed by atoms with E-state index in [-0.39, 0.29) is 0 Å². The van der Waals surface area contributed by atoms with E-state index in [1.54, 1.807) is 0 Å². The van der Waals surface area contributed by atoms with Crippen molar-refractivity contribution in [2.75, 3.05) is 0 Å². The van der Waals surface area contributed by atoms with Gasteiger partial charge in [0.25, 0.3) is 0 Å². The van der Waals surface area contributed by atoms with Gasteiger partial charge >= 0.3 is 0 Å². The van der Waals surface area contributed by atoms with Crippen molar-refractivity contribution in [2.24, 2.45) is 0 Å². The van der Waals surface area contributed by atoms with Gasteiger partial charge in [-0.3, -0.25) is 9.13 Å². The summed E-state index contributed by atoms with van der Waals surface area (Å²) < 4.78 is 9.29. The highest BCUT2D eigenvalue weighted by Gasteiger charge is 2.23. The predicted molar refractivity (Wildman–Crippen MR) is 465 cm³/mol. The quantitative estimate of drug-likeness (QED) is 0.122. The van der Waals surface area contributed by atoms with Crippen molar-refractivity contribution in [1.29, 1.82) is 0 Å². The second-order valence-electron chi connectivity index (χ2n) is 28.5. The summed E-state index contributed by atoms with van der Waals surface area (Å²) in [4.78, 5) is 20.7. The molecule has 0 fully saturated rings. The zero-order chi connectivity index (χ0) is 74.0. The first-order chi connectivity index (χ1) is 55.5. The van der Waals surface area contributed by atoms with Crippen LogP contribution in [0.2, 0.25) is 0 Å². The van der Waals surface area contributed by atoms with Crippen LogP contribution in [0, 0.1) is 0 Å². The van der Waals surface area contributed by atoms with Gasteiger partial charge in [-0.25, -0.2) is 19.9 Å². The van der Waals surface area contributed by atoms with Crippen molar-refractivity contribution in [3.63, 3.8) is 0 Å². The molecule has 112 heavy (non-hydrogen) atoms. The molecular weight excluding hydrogens is 1360 g/mol. The lowest BCUT2D eigenvalue weighted by atomic mass is 10.0. The van der Waals surface area contributed by atoms with Crippen molar-refractivity contribution < 1.29 is 0 Å². The van der Waals surface area contributed by atoms with Crippen LogP contribution in [0.1, 0.15) is 0 Å². The van der Waals surface area contributed by atoms with Gasteiger partial charge in [0.1, 0.15) is 5.82 Å². The highest BCUT2D eigenvalue weighted by atomic mass is 15.2. The maximum atomic E-state index is 5.21. The summed E-state index contributed by atoms with van der Waals surface area (Å²) in [5, 5.41) is 9.61. The number of rotatable bonds is 12. The van der Waals surface area contributed by atoms with E-state index in [1.165, 1.54) is 93.3 Å². The lowest BCUT2D eigenvalue weighted by Crippen LogP contribution is -2.03. The second-order valence-corrected chi connectivity index (χ2v) is 28.5. The topological polar surface area (TPSA) is 71.3 Å². The third-order valence-electron chi connectivity index (χ3n) is 21.9. The van der Waals surface area contributed by atoms with Crippen molar-refractivity contribution in [2.45, 2.75) is 0 Å². The van der Waals surface area contributed by atoms with Crippen LogP contribution in [0.15, 0.2) is 413 Å².